The van der Waals surface area contributed by atoms with E-state index in [1.54, 1.807) is 6.20 Å². The molecule has 1 aliphatic rings. The van der Waals surface area contributed by atoms with Gasteiger partial charge in [0, 0.05) is 32.2 Å². The molecule has 1 aromatic rings. The lowest BCUT2D eigenvalue weighted by molar-refractivity contribution is 0.114. The number of hydrogen-bond donors (Lipinski definition) is 1. The van der Waals surface area contributed by atoms with Crippen molar-refractivity contribution >= 4 is 5.82 Å². The molecule has 19 heavy (non-hydrogen) atoms. The molecule has 1 fully saturated rings. The number of nitrogens with zero attached hydrogens (tertiary/aromatic N) is 5. The van der Waals surface area contributed by atoms with Crippen LogP contribution in [0, 0.1) is 11.3 Å². The minimum Gasteiger partial charge on any atom is -0.395 e. The average Bonchev–Trinajstić information content (AvgIpc) is 2.49. The van der Waals surface area contributed by atoms with E-state index in [-0.39, 0.29) is 12.6 Å². The van der Waals surface area contributed by atoms with Crippen LogP contribution in [-0.2, 0) is 0 Å². The maximum Gasteiger partial charge on any atom is 0.158 e. The van der Waals surface area contributed by atoms with Gasteiger partial charge in [0.2, 0.25) is 0 Å². The molecule has 0 bridgehead atoms. The molecule has 0 radical (unpaired) electrons. The van der Waals surface area contributed by atoms with Crippen LogP contribution < -0.4 is 4.90 Å². The number of piperazine rings is 1. The van der Waals surface area contributed by atoms with Crippen LogP contribution in [0.4, 0.5) is 5.82 Å². The number of aliphatic hydroxyl groups excluding tert-OH is 1. The van der Waals surface area contributed by atoms with Gasteiger partial charge in [-0.05, 0) is 6.42 Å². The molecule has 1 atom stereocenters. The third kappa shape index (κ3) is 3.19. The summed E-state index contributed by atoms with van der Waals surface area (Å²) in [5.41, 5.74) is 0.341. The van der Waals surface area contributed by atoms with Crippen LogP contribution >= 0.6 is 0 Å². The number of hydrogen-bond acceptors (Lipinski definition) is 6. The minimum atomic E-state index is 0.215. The molecule has 102 valence electrons. The molecule has 1 N–H and O–H groups in total. The summed E-state index contributed by atoms with van der Waals surface area (Å²) in [6.45, 7) is 5.89. The number of nitriles is 1. The Morgan fingerprint density at radius 1 is 1.32 bits per heavy atom. The van der Waals surface area contributed by atoms with Crippen molar-refractivity contribution in [3.05, 3.63) is 18.1 Å². The third-order valence-electron chi connectivity index (χ3n) is 3.59. The number of rotatable bonds is 4. The quantitative estimate of drug-likeness (QED) is 0.837. The maximum absolute atomic E-state index is 9.31. The number of anilines is 1. The van der Waals surface area contributed by atoms with Gasteiger partial charge in [-0.15, -0.1) is 0 Å². The Kier molecular flexibility index (Phi) is 4.66. The molecule has 0 amide bonds. The van der Waals surface area contributed by atoms with Crippen molar-refractivity contribution in [3.63, 3.8) is 0 Å². The molecule has 6 heteroatoms. The van der Waals surface area contributed by atoms with Crippen LogP contribution in [0.2, 0.25) is 0 Å². The number of aromatic nitrogens is 2. The molecule has 1 unspecified atom stereocenters. The SMILES string of the molecule is CCC(CO)N1CCN(c2cnc(C#N)cn2)CC1. The lowest BCUT2D eigenvalue weighted by atomic mass is 10.1. The standard InChI is InChI=1S/C13H19N5O/c1-2-12(10-19)17-3-5-18(6-4-17)13-9-15-11(7-14)8-16-13/h8-9,12,19H,2-6,10H2,1H3. The fourth-order valence-corrected chi connectivity index (χ4v) is 2.36. The van der Waals surface area contributed by atoms with Gasteiger partial charge in [-0.1, -0.05) is 6.92 Å². The minimum absolute atomic E-state index is 0.215. The summed E-state index contributed by atoms with van der Waals surface area (Å²) in [6.07, 6.45) is 4.12. The topological polar surface area (TPSA) is 76.3 Å². The second-order valence-corrected chi connectivity index (χ2v) is 4.64. The first-order valence-corrected chi connectivity index (χ1v) is 6.60. The van der Waals surface area contributed by atoms with E-state index in [0.29, 0.717) is 5.69 Å². The molecule has 1 aliphatic heterocycles. The van der Waals surface area contributed by atoms with E-state index in [1.807, 2.05) is 6.07 Å². The molecular weight excluding hydrogens is 242 g/mol. The first kappa shape index (κ1) is 13.7. The van der Waals surface area contributed by atoms with Crippen LogP contribution in [0.3, 0.4) is 0 Å². The molecule has 0 aliphatic carbocycles. The lowest BCUT2D eigenvalue weighted by Gasteiger charge is -2.38. The van der Waals surface area contributed by atoms with E-state index in [1.165, 1.54) is 6.20 Å². The summed E-state index contributed by atoms with van der Waals surface area (Å²) in [7, 11) is 0. The second kappa shape index (κ2) is 6.45. The molecule has 2 rings (SSSR count). The van der Waals surface area contributed by atoms with Gasteiger partial charge in [0.1, 0.15) is 11.9 Å². The second-order valence-electron chi connectivity index (χ2n) is 4.64. The zero-order chi connectivity index (χ0) is 13.7. The summed E-state index contributed by atoms with van der Waals surface area (Å²) < 4.78 is 0. The predicted octanol–water partition coefficient (Wildman–Crippen LogP) is 0.241. The molecule has 2 heterocycles. The predicted molar refractivity (Wildman–Crippen MR) is 71.7 cm³/mol. The van der Waals surface area contributed by atoms with Gasteiger partial charge in [0.25, 0.3) is 0 Å². The van der Waals surface area contributed by atoms with Gasteiger partial charge in [-0.25, -0.2) is 9.97 Å². The maximum atomic E-state index is 9.31. The van der Waals surface area contributed by atoms with Crippen molar-refractivity contribution in [2.45, 2.75) is 19.4 Å². The molecule has 0 saturated carbocycles. The van der Waals surface area contributed by atoms with Crippen molar-refractivity contribution in [3.8, 4) is 6.07 Å². The van der Waals surface area contributed by atoms with Crippen LogP contribution in [0.15, 0.2) is 12.4 Å². The highest BCUT2D eigenvalue weighted by molar-refractivity contribution is 5.37. The van der Waals surface area contributed by atoms with E-state index >= 15 is 0 Å². The van der Waals surface area contributed by atoms with Gasteiger partial charge < -0.3 is 10.0 Å². The van der Waals surface area contributed by atoms with Crippen LogP contribution in [0.25, 0.3) is 0 Å². The highest BCUT2D eigenvalue weighted by atomic mass is 16.3. The van der Waals surface area contributed by atoms with E-state index < -0.39 is 0 Å². The van der Waals surface area contributed by atoms with Crippen molar-refractivity contribution < 1.29 is 5.11 Å². The van der Waals surface area contributed by atoms with Gasteiger partial charge >= 0.3 is 0 Å². The Morgan fingerprint density at radius 3 is 2.53 bits per heavy atom. The Hall–Kier alpha value is -1.71. The Balaban J connectivity index is 1.94. The van der Waals surface area contributed by atoms with Crippen molar-refractivity contribution in [1.82, 2.24) is 14.9 Å². The smallest absolute Gasteiger partial charge is 0.158 e. The fourth-order valence-electron chi connectivity index (χ4n) is 2.36. The zero-order valence-corrected chi connectivity index (χ0v) is 11.2. The molecule has 1 saturated heterocycles. The van der Waals surface area contributed by atoms with Crippen LogP contribution in [0.1, 0.15) is 19.0 Å². The van der Waals surface area contributed by atoms with E-state index in [9.17, 15) is 5.11 Å². The van der Waals surface area contributed by atoms with Crippen molar-refractivity contribution in [2.24, 2.45) is 0 Å². The van der Waals surface area contributed by atoms with Gasteiger partial charge in [-0.2, -0.15) is 5.26 Å². The van der Waals surface area contributed by atoms with E-state index in [4.69, 9.17) is 5.26 Å². The summed E-state index contributed by atoms with van der Waals surface area (Å²) in [5.74, 6) is 0.815. The van der Waals surface area contributed by atoms with Crippen LogP contribution in [0.5, 0.6) is 0 Å². The Morgan fingerprint density at radius 2 is 2.05 bits per heavy atom. The van der Waals surface area contributed by atoms with E-state index in [0.717, 1.165) is 38.4 Å². The first-order valence-electron chi connectivity index (χ1n) is 6.60. The lowest BCUT2D eigenvalue weighted by Crippen LogP contribution is -2.51. The zero-order valence-electron chi connectivity index (χ0n) is 11.2. The van der Waals surface area contributed by atoms with Crippen molar-refractivity contribution in [1.29, 1.82) is 5.26 Å². The molecule has 1 aromatic heterocycles. The number of aliphatic hydroxyl groups is 1. The van der Waals surface area contributed by atoms with Gasteiger partial charge in [-0.3, -0.25) is 4.90 Å². The van der Waals surface area contributed by atoms with Crippen molar-refractivity contribution in [2.75, 3.05) is 37.7 Å². The summed E-state index contributed by atoms with van der Waals surface area (Å²) >= 11 is 0. The molecule has 6 nitrogen and oxygen atoms in total. The van der Waals surface area contributed by atoms with E-state index in [2.05, 4.69) is 26.7 Å². The third-order valence-corrected chi connectivity index (χ3v) is 3.59. The highest BCUT2D eigenvalue weighted by Crippen LogP contribution is 2.14. The summed E-state index contributed by atoms with van der Waals surface area (Å²) in [6, 6.07) is 2.22. The first-order chi connectivity index (χ1) is 9.28. The fraction of sp³-hybridized carbons (Fsp3) is 0.615. The summed E-state index contributed by atoms with van der Waals surface area (Å²) in [4.78, 5) is 12.8. The summed E-state index contributed by atoms with van der Waals surface area (Å²) in [5, 5.41) is 18.0. The highest BCUT2D eigenvalue weighted by Gasteiger charge is 2.22. The molecule has 0 spiro atoms. The van der Waals surface area contributed by atoms with Gasteiger partial charge in [0.05, 0.1) is 19.0 Å². The molecular formula is C13H19N5O. The Bertz CT molecular complexity index is 429. The monoisotopic (exact) mass is 261 g/mol. The normalized spacial score (nSPS) is 18.1. The van der Waals surface area contributed by atoms with Gasteiger partial charge in [0.15, 0.2) is 5.69 Å². The Labute approximate surface area is 113 Å². The average molecular weight is 261 g/mol. The van der Waals surface area contributed by atoms with Crippen LogP contribution in [-0.4, -0.2) is 58.8 Å². The largest absolute Gasteiger partial charge is 0.395 e. The molecule has 0 aromatic carbocycles.